The lowest BCUT2D eigenvalue weighted by molar-refractivity contribution is 0.570. The van der Waals surface area contributed by atoms with Gasteiger partial charge in [0, 0.05) is 26.9 Å². The number of nitrogens with zero attached hydrogens (tertiary/aromatic N) is 3. The zero-order chi connectivity index (χ0) is 13.7. The number of hydrogen-bond donors (Lipinski definition) is 0. The van der Waals surface area contributed by atoms with Crippen molar-refractivity contribution in [1.29, 1.82) is 0 Å². The van der Waals surface area contributed by atoms with Crippen LogP contribution in [0.15, 0.2) is 37.5 Å². The molecule has 0 unspecified atom stereocenters. The Kier molecular flexibility index (Phi) is 3.21. The molecule has 0 radical (unpaired) electrons. The molecule has 0 amide bonds. The molecular formula is C14H15Br2N3. The third kappa shape index (κ3) is 1.94. The van der Waals surface area contributed by atoms with E-state index in [0.29, 0.717) is 0 Å². The van der Waals surface area contributed by atoms with E-state index in [0.717, 1.165) is 33.7 Å². The van der Waals surface area contributed by atoms with Crippen molar-refractivity contribution in [2.24, 2.45) is 4.99 Å². The van der Waals surface area contributed by atoms with Crippen LogP contribution in [0.1, 0.15) is 19.4 Å². The quantitative estimate of drug-likeness (QED) is 0.720. The van der Waals surface area contributed by atoms with Crippen molar-refractivity contribution in [1.82, 2.24) is 4.90 Å². The van der Waals surface area contributed by atoms with Gasteiger partial charge in [-0.2, -0.15) is 0 Å². The molecule has 2 heterocycles. The van der Waals surface area contributed by atoms with Gasteiger partial charge < -0.3 is 4.90 Å². The summed E-state index contributed by atoms with van der Waals surface area (Å²) in [5, 5.41) is 0. The smallest absolute Gasteiger partial charge is 0.210 e. The first-order chi connectivity index (χ1) is 9.00. The molecule has 100 valence electrons. The number of aryl methyl sites for hydroxylation is 1. The summed E-state index contributed by atoms with van der Waals surface area (Å²) >= 11 is 7.37. The maximum atomic E-state index is 4.65. The zero-order valence-corrected chi connectivity index (χ0v) is 14.3. The fraction of sp³-hybridized carbons (Fsp3) is 0.357. The maximum absolute atomic E-state index is 4.65. The molecule has 0 aromatic heterocycles. The molecule has 0 saturated heterocycles. The molecule has 0 N–H and O–H groups in total. The largest absolute Gasteiger partial charge is 0.312 e. The van der Waals surface area contributed by atoms with Crippen LogP contribution in [-0.2, 0) is 0 Å². The van der Waals surface area contributed by atoms with E-state index in [2.05, 4.69) is 79.6 Å². The summed E-state index contributed by atoms with van der Waals surface area (Å²) in [6, 6.07) is 4.28. The highest BCUT2D eigenvalue weighted by Crippen LogP contribution is 2.41. The van der Waals surface area contributed by atoms with Crippen LogP contribution in [0.5, 0.6) is 0 Å². The Labute approximate surface area is 130 Å². The number of aliphatic imine (C=N–C) groups is 1. The predicted octanol–water partition coefficient (Wildman–Crippen LogP) is 4.26. The van der Waals surface area contributed by atoms with Gasteiger partial charge in [-0.1, -0.05) is 0 Å². The lowest BCUT2D eigenvalue weighted by Crippen LogP contribution is -2.32. The van der Waals surface area contributed by atoms with E-state index >= 15 is 0 Å². The lowest BCUT2D eigenvalue weighted by Gasteiger charge is -2.24. The Morgan fingerprint density at radius 1 is 1.05 bits per heavy atom. The number of hydrogen-bond acceptors (Lipinski definition) is 3. The molecule has 0 spiro atoms. The van der Waals surface area contributed by atoms with E-state index in [1.165, 1.54) is 17.0 Å². The van der Waals surface area contributed by atoms with Gasteiger partial charge >= 0.3 is 0 Å². The third-order valence-electron chi connectivity index (χ3n) is 3.67. The van der Waals surface area contributed by atoms with Crippen LogP contribution in [0.25, 0.3) is 0 Å². The van der Waals surface area contributed by atoms with Gasteiger partial charge in [0.15, 0.2) is 0 Å². The summed E-state index contributed by atoms with van der Waals surface area (Å²) in [6.07, 6.45) is 0. The van der Waals surface area contributed by atoms with Gasteiger partial charge in [-0.15, -0.1) is 0 Å². The first-order valence-electron chi connectivity index (χ1n) is 6.26. The van der Waals surface area contributed by atoms with E-state index in [9.17, 15) is 0 Å². The van der Waals surface area contributed by atoms with Gasteiger partial charge in [-0.05, 0) is 70.3 Å². The van der Waals surface area contributed by atoms with Gasteiger partial charge in [0.1, 0.15) is 0 Å². The van der Waals surface area contributed by atoms with Crippen molar-refractivity contribution in [2.75, 3.05) is 18.0 Å². The number of halogens is 2. The predicted molar refractivity (Wildman–Crippen MR) is 86.4 cm³/mol. The summed E-state index contributed by atoms with van der Waals surface area (Å²) in [5.41, 5.74) is 4.88. The lowest BCUT2D eigenvalue weighted by atomic mass is 10.2. The van der Waals surface area contributed by atoms with Crippen LogP contribution in [0.4, 0.5) is 5.69 Å². The van der Waals surface area contributed by atoms with Crippen molar-refractivity contribution in [3.8, 4) is 0 Å². The molecule has 3 rings (SSSR count). The summed E-state index contributed by atoms with van der Waals surface area (Å²) < 4.78 is 2.17. The van der Waals surface area contributed by atoms with Crippen LogP contribution >= 0.6 is 31.9 Å². The van der Waals surface area contributed by atoms with Crippen molar-refractivity contribution < 1.29 is 0 Å². The minimum absolute atomic E-state index is 0.873. The standard InChI is InChI=1S/C14H15Br2N3/c1-8-6-11(15)13(12(16)7-8)19-10(3)9(2)18-5-4-17-14(18)19/h6-7H,4-5H2,1-3H3. The van der Waals surface area contributed by atoms with Crippen LogP contribution < -0.4 is 4.90 Å². The molecule has 1 aromatic rings. The molecule has 2 aliphatic rings. The van der Waals surface area contributed by atoms with Crippen LogP contribution in [-0.4, -0.2) is 23.9 Å². The topological polar surface area (TPSA) is 18.8 Å². The molecule has 3 nitrogen and oxygen atoms in total. The van der Waals surface area contributed by atoms with Gasteiger partial charge in [-0.25, -0.2) is 0 Å². The van der Waals surface area contributed by atoms with E-state index < -0.39 is 0 Å². The van der Waals surface area contributed by atoms with Crippen LogP contribution in [0.3, 0.4) is 0 Å². The second-order valence-corrected chi connectivity index (χ2v) is 6.63. The molecule has 1 aromatic carbocycles. The van der Waals surface area contributed by atoms with Gasteiger partial charge in [-0.3, -0.25) is 9.89 Å². The Hall–Kier alpha value is -0.810. The Morgan fingerprint density at radius 2 is 1.68 bits per heavy atom. The zero-order valence-electron chi connectivity index (χ0n) is 11.2. The fourth-order valence-electron chi connectivity index (χ4n) is 2.63. The summed E-state index contributed by atoms with van der Waals surface area (Å²) in [5.74, 6) is 1.04. The van der Waals surface area contributed by atoms with Gasteiger partial charge in [0.2, 0.25) is 5.96 Å². The third-order valence-corrected chi connectivity index (χ3v) is 4.88. The number of rotatable bonds is 1. The molecule has 0 aliphatic carbocycles. The second-order valence-electron chi connectivity index (χ2n) is 4.92. The fourth-order valence-corrected chi connectivity index (χ4v) is 4.40. The summed E-state index contributed by atoms with van der Waals surface area (Å²) in [7, 11) is 0. The van der Waals surface area contributed by atoms with E-state index in [1.54, 1.807) is 0 Å². The maximum Gasteiger partial charge on any atom is 0.210 e. The first-order valence-corrected chi connectivity index (χ1v) is 7.84. The average Bonchev–Trinajstić information content (AvgIpc) is 2.87. The molecule has 19 heavy (non-hydrogen) atoms. The molecule has 0 fully saturated rings. The molecule has 0 atom stereocenters. The summed E-state index contributed by atoms with van der Waals surface area (Å²) in [4.78, 5) is 9.16. The number of fused-ring (bicyclic) bond motifs is 1. The second kappa shape index (κ2) is 4.63. The van der Waals surface area contributed by atoms with Gasteiger partial charge in [0.05, 0.1) is 12.2 Å². The normalized spacial score (nSPS) is 18.3. The number of benzene rings is 1. The molecule has 0 bridgehead atoms. The highest BCUT2D eigenvalue weighted by atomic mass is 79.9. The Morgan fingerprint density at radius 3 is 2.32 bits per heavy atom. The number of guanidine groups is 1. The highest BCUT2D eigenvalue weighted by Gasteiger charge is 2.36. The van der Waals surface area contributed by atoms with E-state index in [1.807, 2.05) is 0 Å². The van der Waals surface area contributed by atoms with Crippen LogP contribution in [0.2, 0.25) is 0 Å². The minimum atomic E-state index is 0.873. The Bertz CT molecular complexity index is 596. The highest BCUT2D eigenvalue weighted by molar-refractivity contribution is 9.11. The monoisotopic (exact) mass is 383 g/mol. The van der Waals surface area contributed by atoms with Gasteiger partial charge in [0.25, 0.3) is 0 Å². The van der Waals surface area contributed by atoms with Crippen molar-refractivity contribution in [3.63, 3.8) is 0 Å². The first kappa shape index (κ1) is 13.2. The van der Waals surface area contributed by atoms with Crippen molar-refractivity contribution in [2.45, 2.75) is 20.8 Å². The number of anilines is 1. The SMILES string of the molecule is CC1=C(C)N(c2c(Br)cc(C)cc2Br)C2=NCCN21. The number of allylic oxidation sites excluding steroid dienone is 2. The average molecular weight is 385 g/mol. The molecular weight excluding hydrogens is 370 g/mol. The van der Waals surface area contributed by atoms with Crippen molar-refractivity contribution >= 4 is 43.5 Å². The van der Waals surface area contributed by atoms with E-state index in [-0.39, 0.29) is 0 Å². The molecule has 5 heteroatoms. The molecule has 2 aliphatic heterocycles. The minimum Gasteiger partial charge on any atom is -0.312 e. The summed E-state index contributed by atoms with van der Waals surface area (Å²) in [6.45, 7) is 8.26. The Balaban J connectivity index is 2.17. The van der Waals surface area contributed by atoms with Crippen molar-refractivity contribution in [3.05, 3.63) is 38.0 Å². The molecule has 0 saturated carbocycles. The van der Waals surface area contributed by atoms with E-state index in [4.69, 9.17) is 0 Å². The van der Waals surface area contributed by atoms with Crippen LogP contribution in [0, 0.1) is 6.92 Å².